The maximum absolute atomic E-state index is 6.80. The average molecular weight is 415 g/mol. The summed E-state index contributed by atoms with van der Waals surface area (Å²) in [7, 11) is 0. The summed E-state index contributed by atoms with van der Waals surface area (Å²) < 4.78 is 13.2. The van der Waals surface area contributed by atoms with Crippen LogP contribution in [0.1, 0.15) is 49.3 Å². The van der Waals surface area contributed by atoms with Crippen LogP contribution in [0, 0.1) is 26.7 Å². The van der Waals surface area contributed by atoms with Gasteiger partial charge in [0.25, 0.3) is 0 Å². The molecule has 1 aliphatic rings. The van der Waals surface area contributed by atoms with Gasteiger partial charge in [-0.1, -0.05) is 44.2 Å². The van der Waals surface area contributed by atoms with Gasteiger partial charge in [-0.05, 0) is 62.4 Å². The Labute approximate surface area is 183 Å². The second kappa shape index (κ2) is 7.38. The molecule has 0 amide bonds. The summed E-state index contributed by atoms with van der Waals surface area (Å²) in [6, 6.07) is 15.1. The number of aromatic nitrogens is 1. The molecule has 3 heterocycles. The molecule has 1 saturated heterocycles. The molecule has 31 heavy (non-hydrogen) atoms. The lowest BCUT2D eigenvalue weighted by atomic mass is 9.97. The van der Waals surface area contributed by atoms with Crippen LogP contribution in [0.4, 0.5) is 5.69 Å². The van der Waals surface area contributed by atoms with Crippen molar-refractivity contribution in [3.05, 3.63) is 70.9 Å². The lowest BCUT2D eigenvalue weighted by Gasteiger charge is -2.32. The van der Waals surface area contributed by atoms with Gasteiger partial charge in [-0.3, -0.25) is 0 Å². The van der Waals surface area contributed by atoms with Crippen molar-refractivity contribution in [2.75, 3.05) is 4.90 Å². The lowest BCUT2D eigenvalue weighted by molar-refractivity contribution is 0.0154. The molecule has 0 bridgehead atoms. The van der Waals surface area contributed by atoms with Crippen molar-refractivity contribution in [1.29, 1.82) is 0 Å². The standard InChI is InChI=1S/C27H30N2O2/c1-15(2)24-19(6)29(27(31-24)22-16(3)9-7-10-17(22)4)23-18(5)12-13-20-21-11-8-14-28-26(21)30-25(20)23/h7-15,19,24,27H,1-6H3/t19-,24?,27?/m0/s1. The van der Waals surface area contributed by atoms with Gasteiger partial charge in [0.1, 0.15) is 0 Å². The summed E-state index contributed by atoms with van der Waals surface area (Å²) in [5.74, 6) is 0.406. The third-order valence-corrected chi connectivity index (χ3v) is 6.75. The monoisotopic (exact) mass is 414 g/mol. The molecule has 160 valence electrons. The Morgan fingerprint density at radius 3 is 2.35 bits per heavy atom. The van der Waals surface area contributed by atoms with Crippen LogP contribution < -0.4 is 4.90 Å². The number of pyridine rings is 1. The Hall–Kier alpha value is -2.85. The number of benzene rings is 2. The third kappa shape index (κ3) is 3.04. The van der Waals surface area contributed by atoms with Gasteiger partial charge >= 0.3 is 0 Å². The summed E-state index contributed by atoms with van der Waals surface area (Å²) in [5, 5.41) is 2.15. The van der Waals surface area contributed by atoms with E-state index in [9.17, 15) is 0 Å². The van der Waals surface area contributed by atoms with Crippen LogP contribution in [0.3, 0.4) is 0 Å². The molecule has 0 spiro atoms. The summed E-state index contributed by atoms with van der Waals surface area (Å²) in [6.45, 7) is 13.3. The highest BCUT2D eigenvalue weighted by Gasteiger charge is 2.44. The van der Waals surface area contributed by atoms with Gasteiger partial charge in [-0.15, -0.1) is 0 Å². The van der Waals surface area contributed by atoms with E-state index < -0.39 is 0 Å². The molecule has 2 aromatic carbocycles. The number of furan rings is 1. The molecule has 1 fully saturated rings. The van der Waals surface area contributed by atoms with Crippen molar-refractivity contribution >= 4 is 27.8 Å². The van der Waals surface area contributed by atoms with Gasteiger partial charge in [0.15, 0.2) is 11.8 Å². The number of anilines is 1. The first-order chi connectivity index (χ1) is 14.9. The molecule has 0 saturated carbocycles. The molecular formula is C27H30N2O2. The smallest absolute Gasteiger partial charge is 0.227 e. The Kier molecular flexibility index (Phi) is 4.78. The molecule has 4 nitrogen and oxygen atoms in total. The molecule has 0 radical (unpaired) electrons. The van der Waals surface area contributed by atoms with Crippen LogP contribution in [0.2, 0.25) is 0 Å². The van der Waals surface area contributed by atoms with E-state index in [4.69, 9.17) is 9.15 Å². The fraction of sp³-hybridized carbons (Fsp3) is 0.370. The van der Waals surface area contributed by atoms with Crippen LogP contribution in [0.25, 0.3) is 22.1 Å². The zero-order valence-corrected chi connectivity index (χ0v) is 19.1. The van der Waals surface area contributed by atoms with Crippen molar-refractivity contribution in [2.24, 2.45) is 5.92 Å². The third-order valence-electron chi connectivity index (χ3n) is 6.75. The normalized spacial score (nSPS) is 21.6. The van der Waals surface area contributed by atoms with Crippen molar-refractivity contribution in [2.45, 2.75) is 59.9 Å². The fourth-order valence-electron chi connectivity index (χ4n) is 5.24. The second-order valence-corrected chi connectivity index (χ2v) is 9.22. The minimum Gasteiger partial charge on any atom is -0.436 e. The molecule has 3 atom stereocenters. The minimum atomic E-state index is -0.158. The SMILES string of the molecule is Cc1cccc(C)c1C1OC(C(C)C)[C@H](C)N1c1c(C)ccc2c1oc1ncccc12. The zero-order valence-electron chi connectivity index (χ0n) is 19.1. The van der Waals surface area contributed by atoms with Crippen molar-refractivity contribution in [1.82, 2.24) is 4.98 Å². The van der Waals surface area contributed by atoms with E-state index in [-0.39, 0.29) is 18.4 Å². The fourth-order valence-corrected chi connectivity index (χ4v) is 5.24. The number of hydrogen-bond donors (Lipinski definition) is 0. The maximum Gasteiger partial charge on any atom is 0.227 e. The van der Waals surface area contributed by atoms with E-state index in [1.54, 1.807) is 6.20 Å². The first-order valence-corrected chi connectivity index (χ1v) is 11.1. The van der Waals surface area contributed by atoms with E-state index in [0.29, 0.717) is 11.6 Å². The van der Waals surface area contributed by atoms with E-state index >= 15 is 0 Å². The topological polar surface area (TPSA) is 38.5 Å². The molecule has 1 aliphatic heterocycles. The Bertz CT molecular complexity index is 1250. The van der Waals surface area contributed by atoms with Gasteiger partial charge < -0.3 is 14.1 Å². The second-order valence-electron chi connectivity index (χ2n) is 9.22. The molecule has 2 unspecified atom stereocenters. The van der Waals surface area contributed by atoms with Gasteiger partial charge in [0, 0.05) is 22.5 Å². The summed E-state index contributed by atoms with van der Waals surface area (Å²) >= 11 is 0. The average Bonchev–Trinajstić information content (AvgIpc) is 3.26. The molecule has 2 aromatic heterocycles. The summed E-state index contributed by atoms with van der Waals surface area (Å²) in [6.07, 6.45) is 1.75. The van der Waals surface area contributed by atoms with E-state index in [2.05, 4.69) is 87.8 Å². The van der Waals surface area contributed by atoms with Crippen LogP contribution in [0.5, 0.6) is 0 Å². The zero-order chi connectivity index (χ0) is 21.9. The number of hydrogen-bond acceptors (Lipinski definition) is 4. The van der Waals surface area contributed by atoms with Gasteiger partial charge in [-0.25, -0.2) is 4.98 Å². The Balaban J connectivity index is 1.78. The predicted octanol–water partition coefficient (Wildman–Crippen LogP) is 6.85. The Morgan fingerprint density at radius 2 is 1.65 bits per heavy atom. The largest absolute Gasteiger partial charge is 0.436 e. The van der Waals surface area contributed by atoms with Crippen molar-refractivity contribution < 1.29 is 9.15 Å². The first-order valence-electron chi connectivity index (χ1n) is 11.1. The highest BCUT2D eigenvalue weighted by atomic mass is 16.5. The van der Waals surface area contributed by atoms with Gasteiger partial charge in [0.2, 0.25) is 5.71 Å². The molecule has 5 rings (SSSR count). The summed E-state index contributed by atoms with van der Waals surface area (Å²) in [4.78, 5) is 6.91. The van der Waals surface area contributed by atoms with Crippen LogP contribution in [0.15, 0.2) is 53.1 Å². The number of aryl methyl sites for hydroxylation is 3. The quantitative estimate of drug-likeness (QED) is 0.367. The molecular weight excluding hydrogens is 384 g/mol. The van der Waals surface area contributed by atoms with E-state index in [1.165, 1.54) is 22.3 Å². The minimum absolute atomic E-state index is 0.126. The van der Waals surface area contributed by atoms with Gasteiger partial charge in [-0.2, -0.15) is 0 Å². The maximum atomic E-state index is 6.80. The van der Waals surface area contributed by atoms with E-state index in [0.717, 1.165) is 22.0 Å². The number of rotatable bonds is 3. The van der Waals surface area contributed by atoms with Crippen LogP contribution in [-0.2, 0) is 4.74 Å². The number of ether oxygens (including phenoxy) is 1. The highest BCUT2D eigenvalue weighted by molar-refractivity contribution is 6.08. The van der Waals surface area contributed by atoms with Crippen LogP contribution in [-0.4, -0.2) is 17.1 Å². The number of fused-ring (bicyclic) bond motifs is 3. The summed E-state index contributed by atoms with van der Waals surface area (Å²) in [5.41, 5.74) is 7.63. The molecule has 4 aromatic rings. The van der Waals surface area contributed by atoms with Crippen molar-refractivity contribution in [3.63, 3.8) is 0 Å². The van der Waals surface area contributed by atoms with Crippen molar-refractivity contribution in [3.8, 4) is 0 Å². The predicted molar refractivity (Wildman–Crippen MR) is 127 cm³/mol. The lowest BCUT2D eigenvalue weighted by Crippen LogP contribution is -2.36. The Morgan fingerprint density at radius 1 is 0.903 bits per heavy atom. The molecule has 0 aliphatic carbocycles. The van der Waals surface area contributed by atoms with E-state index in [1.807, 2.05) is 6.07 Å². The molecule has 4 heteroatoms. The van der Waals surface area contributed by atoms with Crippen LogP contribution >= 0.6 is 0 Å². The first kappa shape index (κ1) is 20.1. The highest BCUT2D eigenvalue weighted by Crippen LogP contribution is 2.47. The number of nitrogens with zero attached hydrogens (tertiary/aromatic N) is 2. The molecule has 0 N–H and O–H groups in total. The van der Waals surface area contributed by atoms with Gasteiger partial charge in [0.05, 0.1) is 17.8 Å².